The number of carbonyl (C=O) groups excluding carboxylic acids is 1. The number of thiophene rings is 1. The van der Waals surface area contributed by atoms with Crippen molar-refractivity contribution in [2.75, 3.05) is 0 Å². The van der Waals surface area contributed by atoms with E-state index in [4.69, 9.17) is 45.3 Å². The van der Waals surface area contributed by atoms with E-state index in [2.05, 4.69) is 6.07 Å². The van der Waals surface area contributed by atoms with Gasteiger partial charge in [0.2, 0.25) is 5.88 Å². The first kappa shape index (κ1) is 21.3. The number of allylic oxidation sites excluding steroid dienone is 3. The van der Waals surface area contributed by atoms with Crippen LogP contribution in [-0.4, -0.2) is 5.78 Å². The van der Waals surface area contributed by atoms with Gasteiger partial charge < -0.3 is 10.5 Å². The summed E-state index contributed by atoms with van der Waals surface area (Å²) in [5, 5.41) is 11.1. The Morgan fingerprint density at radius 1 is 1.20 bits per heavy atom. The average molecular weight is 480 g/mol. The SMILES string of the molecule is CC1(C)CC(=O)C2=C(C1)OC(N)=C(C#N)[C@H]2c1ccc(-c2c(Cl)cc(Cl)cc2Cl)s1. The minimum absolute atomic E-state index is 0.0241. The van der Waals surface area contributed by atoms with Gasteiger partial charge in [-0.25, -0.2) is 0 Å². The summed E-state index contributed by atoms with van der Waals surface area (Å²) in [5.74, 6) is 0.00877. The minimum atomic E-state index is -0.564. The second-order valence-corrected chi connectivity index (χ2v) is 10.5. The largest absolute Gasteiger partial charge is 0.444 e. The molecule has 4 rings (SSSR count). The smallest absolute Gasteiger partial charge is 0.205 e. The molecule has 30 heavy (non-hydrogen) atoms. The van der Waals surface area contributed by atoms with Crippen molar-refractivity contribution in [1.29, 1.82) is 5.26 Å². The van der Waals surface area contributed by atoms with Crippen molar-refractivity contribution in [3.05, 3.63) is 67.0 Å². The van der Waals surface area contributed by atoms with Crippen LogP contribution < -0.4 is 5.73 Å². The number of hydrogen-bond donors (Lipinski definition) is 1. The van der Waals surface area contributed by atoms with Gasteiger partial charge in [-0.2, -0.15) is 5.26 Å². The highest BCUT2D eigenvalue weighted by atomic mass is 35.5. The monoisotopic (exact) mass is 478 g/mol. The Kier molecular flexibility index (Phi) is 5.40. The Morgan fingerprint density at radius 2 is 1.87 bits per heavy atom. The lowest BCUT2D eigenvalue weighted by molar-refractivity contribution is -0.119. The molecular formula is C22H17Cl3N2O2S. The van der Waals surface area contributed by atoms with Gasteiger partial charge in [0.25, 0.3) is 0 Å². The molecular weight excluding hydrogens is 463 g/mol. The maximum atomic E-state index is 13.1. The summed E-state index contributed by atoms with van der Waals surface area (Å²) in [4.78, 5) is 14.7. The van der Waals surface area contributed by atoms with Crippen LogP contribution in [0.15, 0.2) is 47.1 Å². The Balaban J connectivity index is 1.85. The van der Waals surface area contributed by atoms with Crippen LogP contribution >= 0.6 is 46.1 Å². The van der Waals surface area contributed by atoms with Crippen LogP contribution in [0.5, 0.6) is 0 Å². The maximum Gasteiger partial charge on any atom is 0.205 e. The predicted octanol–water partition coefficient (Wildman–Crippen LogP) is 6.83. The lowest BCUT2D eigenvalue weighted by atomic mass is 9.71. The van der Waals surface area contributed by atoms with Crippen LogP contribution in [0.2, 0.25) is 15.1 Å². The molecule has 1 aliphatic carbocycles. The standard InChI is InChI=1S/C22H17Cl3N2O2S/c1-22(2)7-14(28)20-15(8-22)29-21(27)11(9-26)18(20)16-3-4-17(30-16)19-12(24)5-10(23)6-13(19)25/h3-6,18H,7-8,27H2,1-2H3/t18-/m0/s1. The van der Waals surface area contributed by atoms with Crippen LogP contribution in [-0.2, 0) is 9.53 Å². The fourth-order valence-corrected chi connectivity index (χ4v) is 6.32. The molecule has 2 aliphatic rings. The summed E-state index contributed by atoms with van der Waals surface area (Å²) in [6, 6.07) is 9.14. The molecule has 0 bridgehead atoms. The first-order chi connectivity index (χ1) is 14.1. The predicted molar refractivity (Wildman–Crippen MR) is 120 cm³/mol. The first-order valence-electron chi connectivity index (χ1n) is 9.20. The molecule has 0 spiro atoms. The van der Waals surface area contributed by atoms with Crippen molar-refractivity contribution >= 4 is 51.9 Å². The molecule has 2 aromatic rings. The molecule has 1 aromatic heterocycles. The number of nitriles is 1. The second-order valence-electron chi connectivity index (χ2n) is 8.15. The normalized spacial score (nSPS) is 20.7. The molecule has 2 N–H and O–H groups in total. The number of carbonyl (C=O) groups is 1. The number of halogens is 3. The van der Waals surface area contributed by atoms with Gasteiger partial charge in [-0.15, -0.1) is 11.3 Å². The fraction of sp³-hybridized carbons (Fsp3) is 0.273. The molecule has 0 radical (unpaired) electrons. The van der Waals surface area contributed by atoms with Crippen LogP contribution in [0.1, 0.15) is 37.5 Å². The highest BCUT2D eigenvalue weighted by Gasteiger charge is 2.43. The van der Waals surface area contributed by atoms with E-state index in [0.29, 0.717) is 44.8 Å². The fourth-order valence-electron chi connectivity index (χ4n) is 3.99. The summed E-state index contributed by atoms with van der Waals surface area (Å²) >= 11 is 20.2. The number of benzene rings is 1. The zero-order chi connectivity index (χ0) is 21.8. The van der Waals surface area contributed by atoms with Gasteiger partial charge in [-0.3, -0.25) is 4.79 Å². The third kappa shape index (κ3) is 3.63. The topological polar surface area (TPSA) is 76.1 Å². The summed E-state index contributed by atoms with van der Waals surface area (Å²) in [5.41, 5.74) is 7.27. The molecule has 8 heteroatoms. The van der Waals surface area contributed by atoms with Crippen molar-refractivity contribution < 1.29 is 9.53 Å². The highest BCUT2D eigenvalue weighted by Crippen LogP contribution is 2.50. The van der Waals surface area contributed by atoms with E-state index >= 15 is 0 Å². The Hall–Kier alpha value is -1.97. The molecule has 0 amide bonds. The van der Waals surface area contributed by atoms with E-state index in [1.165, 1.54) is 11.3 Å². The number of rotatable bonds is 2. The van der Waals surface area contributed by atoms with E-state index in [-0.39, 0.29) is 22.7 Å². The summed E-state index contributed by atoms with van der Waals surface area (Å²) in [6.45, 7) is 4.03. The third-order valence-corrected chi connectivity index (χ3v) is 7.22. The van der Waals surface area contributed by atoms with Gasteiger partial charge in [0.15, 0.2) is 5.78 Å². The molecule has 2 heterocycles. The molecule has 0 saturated carbocycles. The zero-order valence-corrected chi connectivity index (χ0v) is 19.3. The lowest BCUT2D eigenvalue weighted by Crippen LogP contribution is -2.33. The Morgan fingerprint density at radius 3 is 2.50 bits per heavy atom. The van der Waals surface area contributed by atoms with Gasteiger partial charge in [-0.05, 0) is 29.7 Å². The van der Waals surface area contributed by atoms with Crippen LogP contribution in [0, 0.1) is 16.7 Å². The molecule has 0 saturated heterocycles. The van der Waals surface area contributed by atoms with Gasteiger partial charge in [0.1, 0.15) is 17.4 Å². The average Bonchev–Trinajstić information content (AvgIpc) is 3.07. The molecule has 1 aromatic carbocycles. The van der Waals surface area contributed by atoms with E-state index < -0.39 is 5.92 Å². The summed E-state index contributed by atoms with van der Waals surface area (Å²) in [6.07, 6.45) is 0.967. The Labute approximate surface area is 193 Å². The molecule has 1 aliphatic heterocycles. The number of nitrogens with two attached hydrogens (primary N) is 1. The molecule has 0 unspecified atom stereocenters. The molecule has 154 valence electrons. The summed E-state index contributed by atoms with van der Waals surface area (Å²) in [7, 11) is 0. The molecule has 0 fully saturated rings. The van der Waals surface area contributed by atoms with Gasteiger partial charge >= 0.3 is 0 Å². The van der Waals surface area contributed by atoms with E-state index in [1.54, 1.807) is 12.1 Å². The van der Waals surface area contributed by atoms with Gasteiger partial charge in [0.05, 0.1) is 16.0 Å². The first-order valence-corrected chi connectivity index (χ1v) is 11.1. The second kappa shape index (κ2) is 7.62. The van der Waals surface area contributed by atoms with Crippen molar-refractivity contribution in [3.63, 3.8) is 0 Å². The van der Waals surface area contributed by atoms with Crippen LogP contribution in [0.3, 0.4) is 0 Å². The van der Waals surface area contributed by atoms with E-state index in [0.717, 1.165) is 9.75 Å². The number of ketones is 1. The maximum absolute atomic E-state index is 13.1. The third-order valence-electron chi connectivity index (χ3n) is 5.24. The molecule has 4 nitrogen and oxygen atoms in total. The number of ether oxygens (including phenoxy) is 1. The number of nitrogens with zero attached hydrogens (tertiary/aromatic N) is 1. The zero-order valence-electron chi connectivity index (χ0n) is 16.2. The minimum Gasteiger partial charge on any atom is -0.444 e. The van der Waals surface area contributed by atoms with Crippen molar-refractivity contribution in [2.45, 2.75) is 32.6 Å². The van der Waals surface area contributed by atoms with Crippen molar-refractivity contribution in [1.82, 2.24) is 0 Å². The van der Waals surface area contributed by atoms with E-state index in [9.17, 15) is 10.1 Å². The number of hydrogen-bond acceptors (Lipinski definition) is 5. The highest BCUT2D eigenvalue weighted by molar-refractivity contribution is 7.15. The van der Waals surface area contributed by atoms with Gasteiger partial charge in [-0.1, -0.05) is 48.7 Å². The molecule has 1 atom stereocenters. The van der Waals surface area contributed by atoms with Crippen LogP contribution in [0.25, 0.3) is 10.4 Å². The van der Waals surface area contributed by atoms with E-state index in [1.807, 2.05) is 26.0 Å². The van der Waals surface area contributed by atoms with Crippen LogP contribution in [0.4, 0.5) is 0 Å². The number of Topliss-reactive ketones (excluding diaryl/α,β-unsaturated/α-hetero) is 1. The van der Waals surface area contributed by atoms with Gasteiger partial charge in [0, 0.05) is 38.8 Å². The quantitative estimate of drug-likeness (QED) is 0.512. The summed E-state index contributed by atoms with van der Waals surface area (Å²) < 4.78 is 5.74. The van der Waals surface area contributed by atoms with Crippen molar-refractivity contribution in [3.8, 4) is 16.5 Å². The van der Waals surface area contributed by atoms with Crippen molar-refractivity contribution in [2.24, 2.45) is 11.1 Å². The Bertz CT molecular complexity index is 1160. The lowest BCUT2D eigenvalue weighted by Gasteiger charge is -2.36.